The molecule has 1 atom stereocenters. The second-order valence-corrected chi connectivity index (χ2v) is 4.45. The average molecular weight is 270 g/mol. The molecule has 7 heteroatoms. The van der Waals surface area contributed by atoms with Gasteiger partial charge in [0.1, 0.15) is 6.33 Å². The van der Waals surface area contributed by atoms with Gasteiger partial charge < -0.3 is 25.2 Å². The number of hydrogen-bond acceptors (Lipinski definition) is 7. The molecule has 108 valence electrons. The van der Waals surface area contributed by atoms with Crippen molar-refractivity contribution in [1.82, 2.24) is 9.97 Å². The molecule has 19 heavy (non-hydrogen) atoms. The fraction of sp³-hybridized carbons (Fsp3) is 0.667. The molecule has 0 saturated carbocycles. The molecule has 1 aromatic rings. The molecule has 1 aromatic heterocycles. The van der Waals surface area contributed by atoms with Gasteiger partial charge in [-0.15, -0.1) is 0 Å². The summed E-state index contributed by atoms with van der Waals surface area (Å²) in [6.07, 6.45) is 1.96. The van der Waals surface area contributed by atoms with Crippen LogP contribution in [0.5, 0.6) is 5.75 Å². The summed E-state index contributed by atoms with van der Waals surface area (Å²) >= 11 is 0. The molecule has 0 aromatic carbocycles. The van der Waals surface area contributed by atoms with E-state index in [4.69, 9.17) is 9.47 Å². The molecular weight excluding hydrogens is 248 g/mol. The van der Waals surface area contributed by atoms with E-state index >= 15 is 0 Å². The van der Waals surface area contributed by atoms with Gasteiger partial charge in [0.2, 0.25) is 5.75 Å². The first-order valence-electron chi connectivity index (χ1n) is 6.06. The molecule has 1 heterocycles. The molecule has 0 saturated heterocycles. The number of nitrogens with zero attached hydrogens (tertiary/aromatic N) is 2. The summed E-state index contributed by atoms with van der Waals surface area (Å²) in [5, 5.41) is 16.1. The third-order valence-corrected chi connectivity index (χ3v) is 2.73. The molecule has 0 spiro atoms. The van der Waals surface area contributed by atoms with Crippen LogP contribution in [0.1, 0.15) is 13.3 Å². The normalized spacial score (nSPS) is 13.7. The highest BCUT2D eigenvalue weighted by atomic mass is 16.5. The van der Waals surface area contributed by atoms with Crippen LogP contribution in [0, 0.1) is 0 Å². The SMILES string of the molecule is CNc1ncnc(NCC(C)(O)CCOC)c1OC. The summed E-state index contributed by atoms with van der Waals surface area (Å²) in [7, 11) is 4.91. The number of aromatic nitrogens is 2. The van der Waals surface area contributed by atoms with Crippen molar-refractivity contribution < 1.29 is 14.6 Å². The van der Waals surface area contributed by atoms with Crippen LogP contribution in [0.2, 0.25) is 0 Å². The summed E-state index contributed by atoms with van der Waals surface area (Å²) < 4.78 is 10.2. The van der Waals surface area contributed by atoms with Crippen molar-refractivity contribution in [2.45, 2.75) is 18.9 Å². The molecule has 7 nitrogen and oxygen atoms in total. The lowest BCUT2D eigenvalue weighted by Gasteiger charge is -2.24. The zero-order valence-corrected chi connectivity index (χ0v) is 11.9. The molecular formula is C12H22N4O3. The minimum Gasteiger partial charge on any atom is -0.490 e. The van der Waals surface area contributed by atoms with Crippen molar-refractivity contribution in [2.24, 2.45) is 0 Å². The Kier molecular flexibility index (Phi) is 5.78. The number of anilines is 2. The molecule has 0 amide bonds. The van der Waals surface area contributed by atoms with Crippen molar-refractivity contribution in [2.75, 3.05) is 45.1 Å². The molecule has 0 aliphatic heterocycles. The zero-order chi connectivity index (χ0) is 14.3. The van der Waals surface area contributed by atoms with Crippen molar-refractivity contribution >= 4 is 11.6 Å². The maximum Gasteiger partial charge on any atom is 0.204 e. The lowest BCUT2D eigenvalue weighted by atomic mass is 10.0. The van der Waals surface area contributed by atoms with E-state index in [0.717, 1.165) is 0 Å². The largest absolute Gasteiger partial charge is 0.490 e. The van der Waals surface area contributed by atoms with E-state index in [1.165, 1.54) is 6.33 Å². The first-order valence-corrected chi connectivity index (χ1v) is 6.06. The van der Waals surface area contributed by atoms with Crippen molar-refractivity contribution in [3.8, 4) is 5.75 Å². The van der Waals surface area contributed by atoms with Crippen LogP contribution in [0.4, 0.5) is 11.6 Å². The molecule has 3 N–H and O–H groups in total. The number of aliphatic hydroxyl groups is 1. The molecule has 0 radical (unpaired) electrons. The van der Waals surface area contributed by atoms with Gasteiger partial charge in [-0.1, -0.05) is 0 Å². The Balaban J connectivity index is 2.72. The Morgan fingerprint density at radius 3 is 2.58 bits per heavy atom. The summed E-state index contributed by atoms with van der Waals surface area (Å²) in [4.78, 5) is 8.16. The van der Waals surface area contributed by atoms with Gasteiger partial charge in [-0.05, 0) is 6.92 Å². The number of methoxy groups -OCH3 is 2. The first kappa shape index (κ1) is 15.5. The summed E-state index contributed by atoms with van der Waals surface area (Å²) in [5.74, 6) is 1.66. The van der Waals surface area contributed by atoms with E-state index in [0.29, 0.717) is 37.0 Å². The van der Waals surface area contributed by atoms with Gasteiger partial charge in [-0.25, -0.2) is 9.97 Å². The average Bonchev–Trinajstić information content (AvgIpc) is 2.42. The van der Waals surface area contributed by atoms with Gasteiger partial charge in [-0.3, -0.25) is 0 Å². The van der Waals surface area contributed by atoms with Crippen molar-refractivity contribution in [3.05, 3.63) is 6.33 Å². The van der Waals surface area contributed by atoms with Gasteiger partial charge in [0.05, 0.1) is 12.7 Å². The van der Waals surface area contributed by atoms with Crippen molar-refractivity contribution in [1.29, 1.82) is 0 Å². The zero-order valence-electron chi connectivity index (χ0n) is 11.9. The topological polar surface area (TPSA) is 88.5 Å². The van der Waals surface area contributed by atoms with E-state index in [-0.39, 0.29) is 0 Å². The Labute approximate surface area is 113 Å². The standard InChI is InChI=1S/C12H22N4O3/c1-12(17,5-6-18-3)7-14-11-9(19-4)10(13-2)15-8-16-11/h8,17H,5-7H2,1-4H3,(H2,13,14,15,16). The van der Waals surface area contributed by atoms with Crippen LogP contribution in [-0.4, -0.2) is 55.1 Å². The number of ether oxygens (including phenoxy) is 2. The first-order chi connectivity index (χ1) is 9.04. The van der Waals surface area contributed by atoms with Gasteiger partial charge >= 0.3 is 0 Å². The predicted molar refractivity (Wildman–Crippen MR) is 73.7 cm³/mol. The van der Waals surface area contributed by atoms with Crippen LogP contribution in [0.15, 0.2) is 6.33 Å². The Morgan fingerprint density at radius 1 is 1.32 bits per heavy atom. The summed E-state index contributed by atoms with van der Waals surface area (Å²) in [5.41, 5.74) is -0.883. The molecule has 0 aliphatic carbocycles. The second-order valence-electron chi connectivity index (χ2n) is 4.45. The maximum absolute atomic E-state index is 10.2. The third kappa shape index (κ3) is 4.53. The maximum atomic E-state index is 10.2. The highest BCUT2D eigenvalue weighted by Gasteiger charge is 2.21. The van der Waals surface area contributed by atoms with Crippen molar-refractivity contribution in [3.63, 3.8) is 0 Å². The number of rotatable bonds is 8. The Hall–Kier alpha value is -1.60. The summed E-state index contributed by atoms with van der Waals surface area (Å²) in [6.45, 7) is 2.58. The lowest BCUT2D eigenvalue weighted by Crippen LogP contribution is -2.35. The van der Waals surface area contributed by atoms with E-state index < -0.39 is 5.60 Å². The molecule has 1 rings (SSSR count). The van der Waals surface area contributed by atoms with Crippen LogP contribution in [-0.2, 0) is 4.74 Å². The van der Waals surface area contributed by atoms with E-state index in [2.05, 4.69) is 20.6 Å². The second kappa shape index (κ2) is 7.10. The summed E-state index contributed by atoms with van der Waals surface area (Å²) in [6, 6.07) is 0. The minimum absolute atomic E-state index is 0.340. The highest BCUT2D eigenvalue weighted by Crippen LogP contribution is 2.28. The number of nitrogens with one attached hydrogen (secondary N) is 2. The minimum atomic E-state index is -0.883. The van der Waals surface area contributed by atoms with Gasteiger partial charge in [-0.2, -0.15) is 0 Å². The van der Waals surface area contributed by atoms with Gasteiger partial charge in [0, 0.05) is 33.7 Å². The van der Waals surface area contributed by atoms with Gasteiger partial charge in [0.15, 0.2) is 11.6 Å². The third-order valence-electron chi connectivity index (χ3n) is 2.73. The highest BCUT2D eigenvalue weighted by molar-refractivity contribution is 5.63. The molecule has 0 bridgehead atoms. The van der Waals surface area contributed by atoms with Crippen LogP contribution < -0.4 is 15.4 Å². The van der Waals surface area contributed by atoms with E-state index in [1.54, 1.807) is 28.2 Å². The lowest BCUT2D eigenvalue weighted by molar-refractivity contribution is 0.0356. The fourth-order valence-electron chi connectivity index (χ4n) is 1.56. The van der Waals surface area contributed by atoms with Crippen LogP contribution in [0.25, 0.3) is 0 Å². The Morgan fingerprint density at radius 2 is 2.00 bits per heavy atom. The fourth-order valence-corrected chi connectivity index (χ4v) is 1.56. The molecule has 1 unspecified atom stereocenters. The predicted octanol–water partition coefficient (Wildman–Crippen LogP) is 0.726. The van der Waals surface area contributed by atoms with Crippen LogP contribution >= 0.6 is 0 Å². The van der Waals surface area contributed by atoms with Gasteiger partial charge in [0.25, 0.3) is 0 Å². The number of hydrogen-bond donors (Lipinski definition) is 3. The smallest absolute Gasteiger partial charge is 0.204 e. The molecule has 0 aliphatic rings. The Bertz CT molecular complexity index is 399. The quantitative estimate of drug-likeness (QED) is 0.641. The molecule has 0 fully saturated rings. The van der Waals surface area contributed by atoms with E-state index in [9.17, 15) is 5.11 Å². The monoisotopic (exact) mass is 270 g/mol. The van der Waals surface area contributed by atoms with E-state index in [1.807, 2.05) is 0 Å². The van der Waals surface area contributed by atoms with Crippen LogP contribution in [0.3, 0.4) is 0 Å².